The van der Waals surface area contributed by atoms with Crippen LogP contribution in [0.2, 0.25) is 0 Å². The first-order valence-corrected chi connectivity index (χ1v) is 5.09. The van der Waals surface area contributed by atoms with Gasteiger partial charge in [-0.3, -0.25) is 0 Å². The fourth-order valence-electron chi connectivity index (χ4n) is 1.57. The summed E-state index contributed by atoms with van der Waals surface area (Å²) in [7, 11) is 0. The van der Waals surface area contributed by atoms with Crippen LogP contribution in [0.5, 0.6) is 0 Å². The monoisotopic (exact) mass is 226 g/mol. The Kier molecular flexibility index (Phi) is 2.51. The van der Waals surface area contributed by atoms with E-state index in [1.807, 2.05) is 13.8 Å². The highest BCUT2D eigenvalue weighted by atomic mass is 16.6. The van der Waals surface area contributed by atoms with E-state index in [4.69, 9.17) is 4.42 Å². The van der Waals surface area contributed by atoms with E-state index < -0.39 is 0 Å². The first-order valence-electron chi connectivity index (χ1n) is 5.09. The van der Waals surface area contributed by atoms with Gasteiger partial charge in [-0.2, -0.15) is 0 Å². The fourth-order valence-corrected chi connectivity index (χ4v) is 1.57. The van der Waals surface area contributed by atoms with Crippen LogP contribution in [0.25, 0.3) is 11.5 Å². The van der Waals surface area contributed by atoms with Crippen molar-refractivity contribution in [3.63, 3.8) is 0 Å². The second-order valence-electron chi connectivity index (χ2n) is 3.24. The summed E-state index contributed by atoms with van der Waals surface area (Å²) in [5.41, 5.74) is 1.38. The minimum absolute atomic E-state index is 0.369. The molecule has 0 aliphatic carbocycles. The Morgan fingerprint density at radius 2 is 2.19 bits per heavy atom. The van der Waals surface area contributed by atoms with Crippen LogP contribution in [0.3, 0.4) is 0 Å². The van der Waals surface area contributed by atoms with Crippen LogP contribution < -0.4 is 10.9 Å². The van der Waals surface area contributed by atoms with E-state index in [2.05, 4.69) is 10.3 Å². The summed E-state index contributed by atoms with van der Waals surface area (Å²) in [5.74, 6) is 0.369. The SMILES string of the molecule is CCN=c1oc2cn(O)n(O)c-2c1NCC. The van der Waals surface area contributed by atoms with E-state index in [1.165, 1.54) is 6.20 Å². The molecule has 0 aromatic carbocycles. The number of nitrogens with zero attached hydrogens (tertiary/aromatic N) is 3. The Morgan fingerprint density at radius 3 is 2.81 bits per heavy atom. The molecule has 88 valence electrons. The van der Waals surface area contributed by atoms with E-state index in [1.54, 1.807) is 0 Å². The zero-order valence-electron chi connectivity index (χ0n) is 9.14. The lowest BCUT2D eigenvalue weighted by Gasteiger charge is -2.02. The lowest BCUT2D eigenvalue weighted by Crippen LogP contribution is -2.12. The highest BCUT2D eigenvalue weighted by Crippen LogP contribution is 2.28. The summed E-state index contributed by atoms with van der Waals surface area (Å²) in [6.45, 7) is 5.06. The topological polar surface area (TPSA) is 87.8 Å². The zero-order chi connectivity index (χ0) is 11.7. The highest BCUT2D eigenvalue weighted by Gasteiger charge is 2.24. The van der Waals surface area contributed by atoms with Gasteiger partial charge in [-0.1, -0.05) is 9.69 Å². The van der Waals surface area contributed by atoms with Crippen molar-refractivity contribution in [2.45, 2.75) is 13.8 Å². The quantitative estimate of drug-likeness (QED) is 0.676. The lowest BCUT2D eigenvalue weighted by atomic mass is 10.3. The van der Waals surface area contributed by atoms with Crippen molar-refractivity contribution in [3.8, 4) is 11.5 Å². The number of rotatable bonds is 3. The maximum absolute atomic E-state index is 9.58. The minimum atomic E-state index is 0.369. The van der Waals surface area contributed by atoms with E-state index in [9.17, 15) is 10.4 Å². The summed E-state index contributed by atoms with van der Waals surface area (Å²) < 4.78 is 5.40. The summed E-state index contributed by atoms with van der Waals surface area (Å²) in [4.78, 5) is 5.31. The molecule has 0 unspecified atom stereocenters. The molecule has 0 aromatic heterocycles. The van der Waals surface area contributed by atoms with Gasteiger partial charge in [-0.05, 0) is 13.8 Å². The molecule has 0 fully saturated rings. The van der Waals surface area contributed by atoms with E-state index in [0.29, 0.717) is 45.5 Å². The molecule has 0 radical (unpaired) electrons. The molecule has 0 amide bonds. The maximum Gasteiger partial charge on any atom is 0.240 e. The molecule has 7 nitrogen and oxygen atoms in total. The third-order valence-corrected chi connectivity index (χ3v) is 2.17. The molecule has 2 aliphatic heterocycles. The maximum atomic E-state index is 9.58. The third-order valence-electron chi connectivity index (χ3n) is 2.17. The van der Waals surface area contributed by atoms with Crippen LogP contribution >= 0.6 is 0 Å². The smallest absolute Gasteiger partial charge is 0.240 e. The van der Waals surface area contributed by atoms with E-state index in [0.717, 1.165) is 0 Å². The van der Waals surface area contributed by atoms with Crippen molar-refractivity contribution in [1.82, 2.24) is 9.69 Å². The normalized spacial score (nSPS) is 12.5. The number of anilines is 1. The Hall–Kier alpha value is -2.05. The molecule has 2 heterocycles. The van der Waals surface area contributed by atoms with Crippen LogP contribution in [0.4, 0.5) is 5.69 Å². The van der Waals surface area contributed by atoms with Crippen LogP contribution in [0.1, 0.15) is 13.8 Å². The van der Waals surface area contributed by atoms with Gasteiger partial charge in [0, 0.05) is 13.1 Å². The predicted molar refractivity (Wildman–Crippen MR) is 55.9 cm³/mol. The van der Waals surface area contributed by atoms with Gasteiger partial charge in [0.05, 0.1) is 0 Å². The van der Waals surface area contributed by atoms with Gasteiger partial charge in [-0.25, -0.2) is 4.99 Å². The van der Waals surface area contributed by atoms with Crippen molar-refractivity contribution < 1.29 is 14.8 Å². The zero-order valence-corrected chi connectivity index (χ0v) is 9.14. The average molecular weight is 226 g/mol. The average Bonchev–Trinajstić information content (AvgIpc) is 2.69. The van der Waals surface area contributed by atoms with Crippen molar-refractivity contribution >= 4 is 5.69 Å². The molecule has 0 saturated heterocycles. The van der Waals surface area contributed by atoms with Gasteiger partial charge in [0.1, 0.15) is 11.9 Å². The van der Waals surface area contributed by atoms with Gasteiger partial charge in [0.25, 0.3) is 0 Å². The van der Waals surface area contributed by atoms with E-state index in [-0.39, 0.29) is 0 Å². The number of fused-ring (bicyclic) bond motifs is 1. The molecule has 3 N–H and O–H groups in total. The molecule has 0 spiro atoms. The molecule has 0 saturated carbocycles. The first kappa shape index (κ1) is 10.5. The van der Waals surface area contributed by atoms with Crippen LogP contribution in [0.15, 0.2) is 15.6 Å². The summed E-state index contributed by atoms with van der Waals surface area (Å²) in [6.07, 6.45) is 1.27. The van der Waals surface area contributed by atoms with Crippen LogP contribution in [-0.4, -0.2) is 33.2 Å². The van der Waals surface area contributed by atoms with Crippen molar-refractivity contribution in [3.05, 3.63) is 11.8 Å². The molecule has 2 rings (SSSR count). The molecule has 0 aromatic rings. The summed E-state index contributed by atoms with van der Waals surface area (Å²) >= 11 is 0. The van der Waals surface area contributed by atoms with Crippen molar-refractivity contribution in [2.24, 2.45) is 4.99 Å². The Bertz CT molecular complexity index is 522. The van der Waals surface area contributed by atoms with Gasteiger partial charge in [0.15, 0.2) is 11.5 Å². The number of aromatic nitrogens is 2. The second-order valence-corrected chi connectivity index (χ2v) is 3.24. The van der Waals surface area contributed by atoms with Crippen LogP contribution in [-0.2, 0) is 0 Å². The molecule has 7 heteroatoms. The number of hydrogen-bond donors (Lipinski definition) is 3. The summed E-state index contributed by atoms with van der Waals surface area (Å²) in [6, 6.07) is 0. The summed E-state index contributed by atoms with van der Waals surface area (Å²) in [5, 5.41) is 21.9. The standard InChI is InChI=1S/C9H14N4O3/c1-3-10-7-8-6(5-12(14)13(8)15)16-9(7)11-4-2/h5,10,14-15H,3-4H2,1-2H3. The van der Waals surface area contributed by atoms with Crippen molar-refractivity contribution in [2.75, 3.05) is 18.4 Å². The van der Waals surface area contributed by atoms with Gasteiger partial charge in [-0.15, -0.1) is 0 Å². The Labute approximate surface area is 91.5 Å². The van der Waals surface area contributed by atoms with Gasteiger partial charge in [0.2, 0.25) is 5.55 Å². The van der Waals surface area contributed by atoms with Gasteiger partial charge >= 0.3 is 0 Å². The predicted octanol–water partition coefficient (Wildman–Crippen LogP) is 0.814. The second kappa shape index (κ2) is 3.84. The molecular weight excluding hydrogens is 212 g/mol. The fraction of sp³-hybridized carbons (Fsp3) is 0.444. The number of hydrogen-bond acceptors (Lipinski definition) is 5. The number of furan rings is 1. The largest absolute Gasteiger partial charge is 0.433 e. The minimum Gasteiger partial charge on any atom is -0.433 e. The lowest BCUT2D eigenvalue weighted by molar-refractivity contribution is -0.00655. The molecule has 16 heavy (non-hydrogen) atoms. The number of nitrogens with one attached hydrogen (secondary N) is 1. The molecular formula is C9H14N4O3. The molecule has 0 atom stereocenters. The third kappa shape index (κ3) is 1.40. The molecule has 2 aliphatic rings. The Morgan fingerprint density at radius 1 is 1.44 bits per heavy atom. The van der Waals surface area contributed by atoms with Gasteiger partial charge < -0.3 is 20.1 Å². The van der Waals surface area contributed by atoms with E-state index >= 15 is 0 Å². The highest BCUT2D eigenvalue weighted by molar-refractivity contribution is 5.71. The van der Waals surface area contributed by atoms with Crippen LogP contribution in [0, 0.1) is 0 Å². The Balaban J connectivity index is 2.69. The molecule has 0 bridgehead atoms. The van der Waals surface area contributed by atoms with Crippen molar-refractivity contribution in [1.29, 1.82) is 0 Å². The first-order chi connectivity index (χ1) is 7.69.